The molecule has 0 bridgehead atoms. The number of hydrogen-bond acceptors (Lipinski definition) is 7. The molecule has 0 fully saturated rings. The van der Waals surface area contributed by atoms with Crippen LogP contribution in [-0.2, 0) is 6.42 Å². The smallest absolute Gasteiger partial charge is 0.278 e. The molecule has 0 aliphatic carbocycles. The predicted molar refractivity (Wildman–Crippen MR) is 95.0 cm³/mol. The molecular formula is C19H15N3O3S. The Labute approximate surface area is 154 Å². The first-order chi connectivity index (χ1) is 12.8. The average molecular weight is 365 g/mol. The topological polar surface area (TPSA) is 81.2 Å². The fraction of sp³-hybridized carbons (Fsp3) is 0.211. The third-order valence-corrected chi connectivity index (χ3v) is 4.78. The molecule has 2 atom stereocenters. The van der Waals surface area contributed by atoms with Gasteiger partial charge in [0.2, 0.25) is 6.10 Å². The Hall–Kier alpha value is -2.98. The van der Waals surface area contributed by atoms with Gasteiger partial charge in [0.15, 0.2) is 11.5 Å². The Morgan fingerprint density at radius 1 is 1.08 bits per heavy atom. The molecule has 1 aliphatic heterocycles. The van der Waals surface area contributed by atoms with Crippen molar-refractivity contribution in [3.63, 3.8) is 0 Å². The minimum atomic E-state index is -0.457. The highest BCUT2D eigenvalue weighted by Crippen LogP contribution is 2.36. The van der Waals surface area contributed by atoms with Crippen molar-refractivity contribution in [3.05, 3.63) is 66.1 Å². The standard InChI is InChI=1S/C19H15N3O3S/c20-11-14(10-13-6-2-1-3-7-13)26-19-22-21-18(25-19)17-12-23-15-8-4-5-9-16(15)24-17/h1-9,14,17H,10,12H2/t14-,17+/m1/s1. The van der Waals surface area contributed by atoms with Crippen molar-refractivity contribution in [1.82, 2.24) is 10.2 Å². The molecule has 26 heavy (non-hydrogen) atoms. The summed E-state index contributed by atoms with van der Waals surface area (Å²) in [7, 11) is 0. The minimum absolute atomic E-state index is 0.301. The van der Waals surface area contributed by atoms with Crippen molar-refractivity contribution in [2.75, 3.05) is 6.61 Å². The summed E-state index contributed by atoms with van der Waals surface area (Å²) in [6.45, 7) is 0.301. The highest BCUT2D eigenvalue weighted by atomic mass is 32.2. The first kappa shape index (κ1) is 16.5. The number of thioether (sulfide) groups is 1. The molecule has 0 saturated carbocycles. The van der Waals surface area contributed by atoms with Crippen molar-refractivity contribution in [2.24, 2.45) is 0 Å². The lowest BCUT2D eigenvalue weighted by molar-refractivity contribution is 0.0686. The van der Waals surface area contributed by atoms with Gasteiger partial charge in [0.05, 0.1) is 6.07 Å². The van der Waals surface area contributed by atoms with Gasteiger partial charge in [0, 0.05) is 0 Å². The summed E-state index contributed by atoms with van der Waals surface area (Å²) in [5.74, 6) is 1.69. The van der Waals surface area contributed by atoms with Gasteiger partial charge in [-0.15, -0.1) is 10.2 Å². The minimum Gasteiger partial charge on any atom is -0.485 e. The van der Waals surface area contributed by atoms with Crippen molar-refractivity contribution in [3.8, 4) is 17.6 Å². The monoisotopic (exact) mass is 365 g/mol. The maximum atomic E-state index is 9.41. The fourth-order valence-corrected chi connectivity index (χ4v) is 3.40. The van der Waals surface area contributed by atoms with E-state index in [0.29, 0.717) is 35.6 Å². The molecule has 130 valence electrons. The Kier molecular flexibility index (Phi) is 4.75. The number of hydrogen-bond donors (Lipinski definition) is 0. The molecule has 0 saturated heterocycles. The second-order valence-corrected chi connectivity index (χ2v) is 6.85. The molecule has 7 heteroatoms. The van der Waals surface area contributed by atoms with Crippen LogP contribution in [0.4, 0.5) is 0 Å². The first-order valence-corrected chi connectivity index (χ1v) is 9.02. The van der Waals surface area contributed by atoms with E-state index >= 15 is 0 Å². The van der Waals surface area contributed by atoms with Crippen LogP contribution in [0, 0.1) is 11.3 Å². The molecule has 0 unspecified atom stereocenters. The van der Waals surface area contributed by atoms with Gasteiger partial charge in [-0.2, -0.15) is 5.26 Å². The molecule has 1 aliphatic rings. The largest absolute Gasteiger partial charge is 0.485 e. The third kappa shape index (κ3) is 3.65. The van der Waals surface area contributed by atoms with Crippen molar-refractivity contribution in [2.45, 2.75) is 23.0 Å². The van der Waals surface area contributed by atoms with Crippen molar-refractivity contribution < 1.29 is 13.9 Å². The van der Waals surface area contributed by atoms with Crippen LogP contribution >= 0.6 is 11.8 Å². The average Bonchev–Trinajstić information content (AvgIpc) is 3.16. The Morgan fingerprint density at radius 3 is 2.65 bits per heavy atom. The van der Waals surface area contributed by atoms with Crippen LogP contribution in [0.15, 0.2) is 64.2 Å². The summed E-state index contributed by atoms with van der Waals surface area (Å²) in [5.41, 5.74) is 1.09. The summed E-state index contributed by atoms with van der Waals surface area (Å²) in [6, 6.07) is 19.6. The van der Waals surface area contributed by atoms with E-state index in [-0.39, 0.29) is 5.25 Å². The van der Waals surface area contributed by atoms with Crippen LogP contribution in [0.2, 0.25) is 0 Å². The van der Waals surface area contributed by atoms with E-state index in [0.717, 1.165) is 5.56 Å². The lowest BCUT2D eigenvalue weighted by Crippen LogP contribution is -2.21. The van der Waals surface area contributed by atoms with E-state index in [2.05, 4.69) is 16.3 Å². The lowest BCUT2D eigenvalue weighted by atomic mass is 10.1. The second kappa shape index (κ2) is 7.50. The number of aromatic nitrogens is 2. The number of nitrogens with zero attached hydrogens (tertiary/aromatic N) is 3. The molecule has 3 aromatic rings. The van der Waals surface area contributed by atoms with E-state index in [1.165, 1.54) is 11.8 Å². The molecule has 0 amide bonds. The molecule has 0 spiro atoms. The van der Waals surface area contributed by atoms with Gasteiger partial charge >= 0.3 is 0 Å². The predicted octanol–water partition coefficient (Wildman–Crippen LogP) is 3.81. The Balaban J connectivity index is 1.42. The van der Waals surface area contributed by atoms with Gasteiger partial charge in [0.1, 0.15) is 11.9 Å². The zero-order valence-corrected chi connectivity index (χ0v) is 14.6. The molecule has 1 aromatic heterocycles. The fourth-order valence-electron chi connectivity index (χ4n) is 2.60. The van der Waals surface area contributed by atoms with Gasteiger partial charge in [-0.1, -0.05) is 42.5 Å². The zero-order chi connectivity index (χ0) is 17.8. The highest BCUT2D eigenvalue weighted by Gasteiger charge is 2.28. The summed E-state index contributed by atoms with van der Waals surface area (Å²) in [4.78, 5) is 0. The molecular weight excluding hydrogens is 350 g/mol. The van der Waals surface area contributed by atoms with E-state index in [4.69, 9.17) is 13.9 Å². The summed E-state index contributed by atoms with van der Waals surface area (Å²) in [5, 5.41) is 17.5. The van der Waals surface area contributed by atoms with Crippen LogP contribution in [0.5, 0.6) is 11.5 Å². The van der Waals surface area contributed by atoms with Crippen LogP contribution < -0.4 is 9.47 Å². The van der Waals surface area contributed by atoms with E-state index in [1.54, 1.807) is 0 Å². The van der Waals surface area contributed by atoms with E-state index < -0.39 is 6.10 Å². The molecule has 6 nitrogen and oxygen atoms in total. The van der Waals surface area contributed by atoms with Gasteiger partial charge in [-0.05, 0) is 35.9 Å². The quantitative estimate of drug-likeness (QED) is 0.636. The number of nitriles is 1. The van der Waals surface area contributed by atoms with Crippen LogP contribution in [0.1, 0.15) is 17.6 Å². The SMILES string of the molecule is N#C[C@@H](Cc1ccccc1)Sc1nnc([C@@H]2COc3ccccc3O2)o1. The number of fused-ring (bicyclic) bond motifs is 1. The number of rotatable bonds is 5. The number of ether oxygens (including phenoxy) is 2. The van der Waals surface area contributed by atoms with Crippen LogP contribution in [-0.4, -0.2) is 22.1 Å². The highest BCUT2D eigenvalue weighted by molar-refractivity contribution is 7.99. The number of para-hydroxylation sites is 2. The molecule has 4 rings (SSSR count). The van der Waals surface area contributed by atoms with Crippen molar-refractivity contribution in [1.29, 1.82) is 5.26 Å². The lowest BCUT2D eigenvalue weighted by Gasteiger charge is -2.23. The molecule has 2 aromatic carbocycles. The molecule has 0 radical (unpaired) electrons. The third-order valence-electron chi connectivity index (χ3n) is 3.86. The van der Waals surface area contributed by atoms with Crippen molar-refractivity contribution >= 4 is 11.8 Å². The zero-order valence-electron chi connectivity index (χ0n) is 13.7. The summed E-state index contributed by atoms with van der Waals surface area (Å²) >= 11 is 1.26. The Bertz CT molecular complexity index is 923. The van der Waals surface area contributed by atoms with E-state index in [1.807, 2.05) is 54.6 Å². The first-order valence-electron chi connectivity index (χ1n) is 8.14. The van der Waals surface area contributed by atoms with Gasteiger partial charge in [0.25, 0.3) is 11.1 Å². The Morgan fingerprint density at radius 2 is 1.85 bits per heavy atom. The molecule has 2 heterocycles. The van der Waals surface area contributed by atoms with Crippen LogP contribution in [0.25, 0.3) is 0 Å². The van der Waals surface area contributed by atoms with Gasteiger partial charge in [-0.3, -0.25) is 0 Å². The maximum Gasteiger partial charge on any atom is 0.278 e. The van der Waals surface area contributed by atoms with Gasteiger partial charge in [-0.25, -0.2) is 0 Å². The second-order valence-electron chi connectivity index (χ2n) is 5.70. The van der Waals surface area contributed by atoms with Crippen LogP contribution in [0.3, 0.4) is 0 Å². The summed E-state index contributed by atoms with van der Waals surface area (Å²) in [6.07, 6.45) is 0.150. The summed E-state index contributed by atoms with van der Waals surface area (Å²) < 4.78 is 17.2. The molecule has 0 N–H and O–H groups in total. The van der Waals surface area contributed by atoms with E-state index in [9.17, 15) is 5.26 Å². The number of benzene rings is 2. The maximum absolute atomic E-state index is 9.41. The van der Waals surface area contributed by atoms with Gasteiger partial charge < -0.3 is 13.9 Å². The normalized spacial score (nSPS) is 16.7.